The first-order chi connectivity index (χ1) is 10.4. The van der Waals surface area contributed by atoms with Crippen LogP contribution in [-0.4, -0.2) is 58.2 Å². The Labute approximate surface area is 134 Å². The molecule has 0 bridgehead atoms. The number of carbonyl (C=O) groups excluding carboxylic acids is 3. The molecule has 0 aromatic heterocycles. The van der Waals surface area contributed by atoms with Crippen LogP contribution in [0.5, 0.6) is 0 Å². The van der Waals surface area contributed by atoms with E-state index in [0.29, 0.717) is 11.3 Å². The number of carboxylic acids is 1. The Morgan fingerprint density at radius 1 is 1.35 bits per heavy atom. The van der Waals surface area contributed by atoms with E-state index in [1.54, 1.807) is 20.8 Å². The third-order valence-corrected chi connectivity index (χ3v) is 3.16. The van der Waals surface area contributed by atoms with Crippen molar-refractivity contribution in [2.24, 2.45) is 0 Å². The molecule has 9 heteroatoms. The molecule has 0 aromatic carbocycles. The number of carbonyl (C=O) groups is 4. The molecule has 1 atom stereocenters. The quantitative estimate of drug-likeness (QED) is 0.486. The number of rotatable bonds is 6. The highest BCUT2D eigenvalue weighted by Crippen LogP contribution is 2.22. The number of urea groups is 1. The highest BCUT2D eigenvalue weighted by molar-refractivity contribution is 6.08. The second-order valence-electron chi connectivity index (χ2n) is 6.58. The van der Waals surface area contributed by atoms with Gasteiger partial charge in [-0.1, -0.05) is 0 Å². The molecule has 0 aromatic rings. The molecular weight excluding hydrogens is 306 g/mol. The molecule has 130 valence electrons. The molecule has 23 heavy (non-hydrogen) atoms. The molecule has 1 unspecified atom stereocenters. The molecular formula is C14H23N3O6. The molecule has 1 rings (SSSR count). The zero-order valence-electron chi connectivity index (χ0n) is 13.8. The van der Waals surface area contributed by atoms with Gasteiger partial charge in [-0.15, -0.1) is 0 Å². The van der Waals surface area contributed by atoms with Crippen LogP contribution in [0.2, 0.25) is 0 Å². The molecule has 1 aliphatic rings. The lowest BCUT2D eigenvalue weighted by Gasteiger charge is -2.22. The van der Waals surface area contributed by atoms with E-state index in [-0.39, 0.29) is 13.0 Å². The van der Waals surface area contributed by atoms with Crippen molar-refractivity contribution in [2.75, 3.05) is 13.1 Å². The van der Waals surface area contributed by atoms with Crippen LogP contribution < -0.4 is 10.6 Å². The predicted octanol–water partition coefficient (Wildman–Crippen LogP) is 0.686. The molecule has 3 N–H and O–H groups in total. The summed E-state index contributed by atoms with van der Waals surface area (Å²) in [4.78, 5) is 46.7. The van der Waals surface area contributed by atoms with Gasteiger partial charge < -0.3 is 20.5 Å². The highest BCUT2D eigenvalue weighted by atomic mass is 16.6. The Morgan fingerprint density at radius 3 is 2.48 bits per heavy atom. The molecule has 9 nitrogen and oxygen atoms in total. The minimum atomic E-state index is -1.26. The van der Waals surface area contributed by atoms with Crippen molar-refractivity contribution in [2.45, 2.75) is 51.7 Å². The summed E-state index contributed by atoms with van der Waals surface area (Å²) in [6, 6.07) is -0.722. The van der Waals surface area contributed by atoms with Gasteiger partial charge in [-0.25, -0.2) is 9.59 Å². The summed E-state index contributed by atoms with van der Waals surface area (Å²) in [6.07, 6.45) is 0.128. The van der Waals surface area contributed by atoms with Crippen LogP contribution >= 0.6 is 0 Å². The van der Waals surface area contributed by atoms with Crippen molar-refractivity contribution < 1.29 is 29.0 Å². The maximum atomic E-state index is 12.2. The van der Waals surface area contributed by atoms with E-state index in [1.165, 1.54) is 6.92 Å². The first-order valence-corrected chi connectivity index (χ1v) is 7.27. The van der Waals surface area contributed by atoms with Crippen LogP contribution in [0.3, 0.4) is 0 Å². The minimum Gasteiger partial charge on any atom is -0.480 e. The summed E-state index contributed by atoms with van der Waals surface area (Å²) in [7, 11) is 0. The monoisotopic (exact) mass is 329 g/mol. The van der Waals surface area contributed by atoms with Crippen molar-refractivity contribution in [3.05, 3.63) is 0 Å². The number of aliphatic carboxylic acids is 1. The molecule has 1 aliphatic heterocycles. The largest absolute Gasteiger partial charge is 0.480 e. The summed E-state index contributed by atoms with van der Waals surface area (Å²) in [5, 5.41) is 13.8. The number of nitrogens with one attached hydrogen (secondary N) is 2. The third kappa shape index (κ3) is 5.42. The molecule has 0 aliphatic carbocycles. The van der Waals surface area contributed by atoms with E-state index in [9.17, 15) is 19.2 Å². The number of hydrogen-bond donors (Lipinski definition) is 3. The Balaban J connectivity index is 2.45. The summed E-state index contributed by atoms with van der Waals surface area (Å²) >= 11 is 0. The van der Waals surface area contributed by atoms with Crippen molar-refractivity contribution in [3.63, 3.8) is 0 Å². The summed E-state index contributed by atoms with van der Waals surface area (Å²) < 4.78 is 5.07. The summed E-state index contributed by atoms with van der Waals surface area (Å²) in [5.74, 6) is -1.84. The Bertz CT molecular complexity index is 513. The van der Waals surface area contributed by atoms with E-state index >= 15 is 0 Å². The Hall–Kier alpha value is -2.32. The molecule has 0 radical (unpaired) electrons. The number of nitrogens with zero attached hydrogens (tertiary/aromatic N) is 1. The van der Waals surface area contributed by atoms with Gasteiger partial charge in [-0.3, -0.25) is 14.5 Å². The molecule has 1 fully saturated rings. The fourth-order valence-electron chi connectivity index (χ4n) is 2.14. The molecule has 4 amide bonds. The zero-order valence-corrected chi connectivity index (χ0v) is 13.8. The van der Waals surface area contributed by atoms with Crippen molar-refractivity contribution in [3.8, 4) is 0 Å². The van der Waals surface area contributed by atoms with Crippen LogP contribution in [-0.2, 0) is 14.3 Å². The lowest BCUT2D eigenvalue weighted by atomic mass is 9.96. The van der Waals surface area contributed by atoms with E-state index in [0.717, 1.165) is 0 Å². The van der Waals surface area contributed by atoms with Gasteiger partial charge in [0.25, 0.3) is 5.91 Å². The van der Waals surface area contributed by atoms with Crippen molar-refractivity contribution in [1.29, 1.82) is 0 Å². The predicted molar refractivity (Wildman–Crippen MR) is 79.8 cm³/mol. The highest BCUT2D eigenvalue weighted by Gasteiger charge is 2.47. The van der Waals surface area contributed by atoms with Crippen molar-refractivity contribution in [1.82, 2.24) is 15.5 Å². The lowest BCUT2D eigenvalue weighted by molar-refractivity contribution is -0.142. The van der Waals surface area contributed by atoms with Crippen LogP contribution in [0.4, 0.5) is 9.59 Å². The maximum absolute atomic E-state index is 12.2. The van der Waals surface area contributed by atoms with E-state index in [2.05, 4.69) is 10.6 Å². The maximum Gasteiger partial charge on any atom is 0.407 e. The fraction of sp³-hybridized carbons (Fsp3) is 0.714. The second kappa shape index (κ2) is 6.84. The van der Waals surface area contributed by atoms with Crippen LogP contribution in [0.15, 0.2) is 0 Å². The van der Waals surface area contributed by atoms with E-state index < -0.39 is 41.7 Å². The van der Waals surface area contributed by atoms with Gasteiger partial charge in [0.1, 0.15) is 17.7 Å². The smallest absolute Gasteiger partial charge is 0.407 e. The van der Waals surface area contributed by atoms with Gasteiger partial charge in [0.2, 0.25) is 0 Å². The van der Waals surface area contributed by atoms with Gasteiger partial charge in [-0.05, 0) is 40.5 Å². The van der Waals surface area contributed by atoms with Gasteiger partial charge in [0, 0.05) is 6.54 Å². The third-order valence-electron chi connectivity index (χ3n) is 3.16. The number of alkyl carbamates (subject to hydrolysis) is 1. The first-order valence-electron chi connectivity index (χ1n) is 7.27. The average Bonchev–Trinajstić information content (AvgIpc) is 2.56. The number of ether oxygens (including phenoxy) is 1. The molecule has 1 heterocycles. The number of imide groups is 1. The molecule has 0 spiro atoms. The fourth-order valence-corrected chi connectivity index (χ4v) is 2.14. The van der Waals surface area contributed by atoms with E-state index in [4.69, 9.17) is 9.84 Å². The van der Waals surface area contributed by atoms with Gasteiger partial charge in [0.05, 0.1) is 0 Å². The Morgan fingerprint density at radius 2 is 1.96 bits per heavy atom. The first kappa shape index (κ1) is 18.7. The number of hydrogen-bond acceptors (Lipinski definition) is 5. The van der Waals surface area contributed by atoms with Crippen LogP contribution in [0, 0.1) is 0 Å². The van der Waals surface area contributed by atoms with Crippen molar-refractivity contribution >= 4 is 24.0 Å². The van der Waals surface area contributed by atoms with Gasteiger partial charge in [-0.2, -0.15) is 0 Å². The minimum absolute atomic E-state index is 0.267. The zero-order chi connectivity index (χ0) is 17.8. The average molecular weight is 329 g/mol. The standard InChI is InChI=1S/C14H23N3O6/c1-13(2,3)23-12(22)15-7-5-6-14(4)10(20)17(8-9(18)19)11(21)16-14/h5-8H2,1-4H3,(H,15,22)(H,16,21)(H,18,19). The van der Waals surface area contributed by atoms with Gasteiger partial charge >= 0.3 is 18.1 Å². The summed E-state index contributed by atoms with van der Waals surface area (Å²) in [5.41, 5.74) is -1.76. The van der Waals surface area contributed by atoms with Crippen LogP contribution in [0.1, 0.15) is 40.5 Å². The summed E-state index contributed by atoms with van der Waals surface area (Å²) in [6.45, 7) is 6.37. The number of carboxylic acid groups (broad SMARTS) is 1. The van der Waals surface area contributed by atoms with E-state index in [1.807, 2.05) is 0 Å². The molecule has 0 saturated carbocycles. The topological polar surface area (TPSA) is 125 Å². The normalized spacial score (nSPS) is 21.1. The second-order valence-corrected chi connectivity index (χ2v) is 6.58. The van der Waals surface area contributed by atoms with Crippen LogP contribution in [0.25, 0.3) is 0 Å². The SMILES string of the molecule is CC(C)(C)OC(=O)NCCCC1(C)NC(=O)N(CC(=O)O)C1=O. The van der Waals surface area contributed by atoms with Gasteiger partial charge in [0.15, 0.2) is 0 Å². The lowest BCUT2D eigenvalue weighted by Crippen LogP contribution is -2.45. The number of amides is 4. The molecule has 1 saturated heterocycles. The Kier molecular flexibility index (Phi) is 5.57.